The SMILES string of the molecule is FC(F)(F)Cn1ncc(Br)c1C1CC1. The van der Waals surface area contributed by atoms with E-state index in [0.717, 1.165) is 17.5 Å². The summed E-state index contributed by atoms with van der Waals surface area (Å²) in [5, 5.41) is 3.71. The maximum atomic E-state index is 12.1. The second kappa shape index (κ2) is 3.25. The minimum absolute atomic E-state index is 0.259. The Labute approximate surface area is 87.2 Å². The third-order valence-electron chi connectivity index (χ3n) is 2.13. The highest BCUT2D eigenvalue weighted by atomic mass is 79.9. The molecule has 0 unspecified atom stereocenters. The summed E-state index contributed by atoms with van der Waals surface area (Å²) in [5.74, 6) is 0.259. The van der Waals surface area contributed by atoms with Gasteiger partial charge >= 0.3 is 6.18 Å². The molecule has 78 valence electrons. The van der Waals surface area contributed by atoms with Crippen molar-refractivity contribution in [2.24, 2.45) is 0 Å². The number of hydrogen-bond donors (Lipinski definition) is 0. The first-order valence-corrected chi connectivity index (χ1v) is 5.04. The maximum absolute atomic E-state index is 12.1. The summed E-state index contributed by atoms with van der Waals surface area (Å²) in [6.45, 7) is -0.996. The zero-order valence-corrected chi connectivity index (χ0v) is 8.77. The molecule has 1 fully saturated rings. The van der Waals surface area contributed by atoms with Crippen molar-refractivity contribution < 1.29 is 13.2 Å². The van der Waals surface area contributed by atoms with Gasteiger partial charge in [-0.15, -0.1) is 0 Å². The van der Waals surface area contributed by atoms with Crippen LogP contribution >= 0.6 is 15.9 Å². The fourth-order valence-corrected chi connectivity index (χ4v) is 2.05. The van der Waals surface area contributed by atoms with Gasteiger partial charge in [0.05, 0.1) is 16.4 Å². The third kappa shape index (κ3) is 2.10. The molecule has 0 atom stereocenters. The summed E-state index contributed by atoms with van der Waals surface area (Å²) in [5.41, 5.74) is 0.683. The first-order chi connectivity index (χ1) is 6.47. The van der Waals surface area contributed by atoms with Crippen molar-refractivity contribution in [3.05, 3.63) is 16.4 Å². The van der Waals surface area contributed by atoms with Gasteiger partial charge in [0, 0.05) is 5.92 Å². The molecule has 1 aliphatic rings. The quantitative estimate of drug-likeness (QED) is 0.806. The van der Waals surface area contributed by atoms with Gasteiger partial charge in [0.15, 0.2) is 0 Å². The van der Waals surface area contributed by atoms with Gasteiger partial charge in [0.2, 0.25) is 0 Å². The Hall–Kier alpha value is -0.520. The fraction of sp³-hybridized carbons (Fsp3) is 0.625. The molecule has 14 heavy (non-hydrogen) atoms. The predicted octanol–water partition coefficient (Wildman–Crippen LogP) is 3.09. The molecular formula is C8H8BrF3N2. The Morgan fingerprint density at radius 2 is 2.14 bits per heavy atom. The number of nitrogens with zero attached hydrogens (tertiary/aromatic N) is 2. The van der Waals surface area contributed by atoms with E-state index in [0.29, 0.717) is 10.2 Å². The maximum Gasteiger partial charge on any atom is 0.408 e. The molecule has 0 aliphatic heterocycles. The Balaban J connectivity index is 2.24. The van der Waals surface area contributed by atoms with Gasteiger partial charge in [-0.25, -0.2) is 0 Å². The van der Waals surface area contributed by atoms with E-state index in [4.69, 9.17) is 0 Å². The summed E-state index contributed by atoms with van der Waals surface area (Å²) in [6.07, 6.45) is -0.848. The second-order valence-corrected chi connectivity index (χ2v) is 4.28. The molecule has 0 aromatic carbocycles. The highest BCUT2D eigenvalue weighted by molar-refractivity contribution is 9.10. The van der Waals surface area contributed by atoms with Gasteiger partial charge in [-0.1, -0.05) is 0 Å². The number of aromatic nitrogens is 2. The Morgan fingerprint density at radius 1 is 1.50 bits per heavy atom. The number of halogens is 4. The molecule has 0 spiro atoms. The fourth-order valence-electron chi connectivity index (χ4n) is 1.43. The molecule has 0 bridgehead atoms. The van der Waals surface area contributed by atoms with Crippen LogP contribution in [0.25, 0.3) is 0 Å². The minimum atomic E-state index is -4.20. The van der Waals surface area contributed by atoms with Crippen LogP contribution in [0.5, 0.6) is 0 Å². The van der Waals surface area contributed by atoms with Gasteiger partial charge in [-0.05, 0) is 28.8 Å². The summed E-state index contributed by atoms with van der Waals surface area (Å²) >= 11 is 3.21. The summed E-state index contributed by atoms with van der Waals surface area (Å²) in [4.78, 5) is 0. The normalized spacial score (nSPS) is 17.4. The molecule has 6 heteroatoms. The van der Waals surface area contributed by atoms with E-state index in [2.05, 4.69) is 21.0 Å². The molecule has 0 amide bonds. The molecule has 0 radical (unpaired) electrons. The van der Waals surface area contributed by atoms with Crippen molar-refractivity contribution in [1.29, 1.82) is 0 Å². The van der Waals surface area contributed by atoms with Crippen LogP contribution in [0.15, 0.2) is 10.7 Å². The van der Waals surface area contributed by atoms with Crippen LogP contribution < -0.4 is 0 Å². The van der Waals surface area contributed by atoms with E-state index in [9.17, 15) is 13.2 Å². The zero-order chi connectivity index (χ0) is 10.3. The smallest absolute Gasteiger partial charge is 0.259 e. The van der Waals surface area contributed by atoms with Gasteiger partial charge in [0.1, 0.15) is 6.54 Å². The molecule has 1 aromatic rings. The molecule has 0 N–H and O–H groups in total. The van der Waals surface area contributed by atoms with Crippen molar-refractivity contribution in [2.45, 2.75) is 31.5 Å². The lowest BCUT2D eigenvalue weighted by atomic mass is 10.3. The highest BCUT2D eigenvalue weighted by Crippen LogP contribution is 2.43. The molecule has 1 aliphatic carbocycles. The van der Waals surface area contributed by atoms with Crippen LogP contribution in [-0.4, -0.2) is 16.0 Å². The average molecular weight is 269 g/mol. The lowest BCUT2D eigenvalue weighted by molar-refractivity contribution is -0.143. The largest absolute Gasteiger partial charge is 0.408 e. The van der Waals surface area contributed by atoms with Gasteiger partial charge in [-0.2, -0.15) is 18.3 Å². The number of alkyl halides is 3. The molecule has 0 saturated heterocycles. The van der Waals surface area contributed by atoms with Crippen LogP contribution in [0.4, 0.5) is 13.2 Å². The summed E-state index contributed by atoms with van der Waals surface area (Å²) < 4.78 is 38.1. The molecular weight excluding hydrogens is 261 g/mol. The number of rotatable bonds is 2. The van der Waals surface area contributed by atoms with Crippen molar-refractivity contribution in [2.75, 3.05) is 0 Å². The lowest BCUT2D eigenvalue weighted by Crippen LogP contribution is -2.20. The Morgan fingerprint density at radius 3 is 2.64 bits per heavy atom. The van der Waals surface area contributed by atoms with Crippen molar-refractivity contribution >= 4 is 15.9 Å². The van der Waals surface area contributed by atoms with Crippen molar-refractivity contribution in [3.63, 3.8) is 0 Å². The van der Waals surface area contributed by atoms with Crippen molar-refractivity contribution in [3.8, 4) is 0 Å². The van der Waals surface area contributed by atoms with E-state index >= 15 is 0 Å². The summed E-state index contributed by atoms with van der Waals surface area (Å²) in [7, 11) is 0. The van der Waals surface area contributed by atoms with Crippen LogP contribution in [0.1, 0.15) is 24.5 Å². The van der Waals surface area contributed by atoms with Crippen LogP contribution in [0.3, 0.4) is 0 Å². The molecule has 2 nitrogen and oxygen atoms in total. The lowest BCUT2D eigenvalue weighted by Gasteiger charge is -2.09. The third-order valence-corrected chi connectivity index (χ3v) is 2.74. The van der Waals surface area contributed by atoms with E-state index in [1.54, 1.807) is 0 Å². The highest BCUT2D eigenvalue weighted by Gasteiger charge is 2.34. The van der Waals surface area contributed by atoms with E-state index in [1.807, 2.05) is 0 Å². The monoisotopic (exact) mass is 268 g/mol. The van der Waals surface area contributed by atoms with Crippen LogP contribution in [0, 0.1) is 0 Å². The topological polar surface area (TPSA) is 17.8 Å². The predicted molar refractivity (Wildman–Crippen MR) is 48.0 cm³/mol. The summed E-state index contributed by atoms with van der Waals surface area (Å²) in [6, 6.07) is 0. The van der Waals surface area contributed by atoms with E-state index < -0.39 is 12.7 Å². The Kier molecular flexibility index (Phi) is 2.33. The van der Waals surface area contributed by atoms with Crippen LogP contribution in [0.2, 0.25) is 0 Å². The first-order valence-electron chi connectivity index (χ1n) is 4.25. The van der Waals surface area contributed by atoms with Gasteiger partial charge in [-0.3, -0.25) is 4.68 Å². The molecule has 2 rings (SSSR count). The van der Waals surface area contributed by atoms with Gasteiger partial charge < -0.3 is 0 Å². The Bertz CT molecular complexity index is 341. The van der Waals surface area contributed by atoms with Crippen molar-refractivity contribution in [1.82, 2.24) is 9.78 Å². The molecule has 1 heterocycles. The van der Waals surface area contributed by atoms with E-state index in [-0.39, 0.29) is 5.92 Å². The second-order valence-electron chi connectivity index (χ2n) is 3.42. The van der Waals surface area contributed by atoms with E-state index in [1.165, 1.54) is 6.20 Å². The first kappa shape index (κ1) is 10.0. The molecule has 1 aromatic heterocycles. The van der Waals surface area contributed by atoms with Gasteiger partial charge in [0.25, 0.3) is 0 Å². The zero-order valence-electron chi connectivity index (χ0n) is 7.18. The standard InChI is InChI=1S/C8H8BrF3N2/c9-6-3-13-14(4-8(10,11)12)7(6)5-1-2-5/h3,5H,1-2,4H2. The minimum Gasteiger partial charge on any atom is -0.259 e. The molecule has 1 saturated carbocycles. The average Bonchev–Trinajstić information content (AvgIpc) is 2.77. The van der Waals surface area contributed by atoms with Crippen LogP contribution in [-0.2, 0) is 6.54 Å². The number of hydrogen-bond acceptors (Lipinski definition) is 1.